The SMILES string of the molecule is CCCCCCCCCCCCCCCOC(=O)CCCCCC(=O)OC(C)C(C)CCOC. The first kappa shape index (κ1) is 32.9. The first-order valence-electron chi connectivity index (χ1n) is 14.3. The Morgan fingerprint density at radius 3 is 1.62 bits per heavy atom. The summed E-state index contributed by atoms with van der Waals surface area (Å²) in [5.74, 6) is 0.0254. The second-order valence-electron chi connectivity index (χ2n) is 9.98. The predicted octanol–water partition coefficient (Wildman–Crippen LogP) is 8.18. The summed E-state index contributed by atoms with van der Waals surface area (Å²) < 4.78 is 15.9. The van der Waals surface area contributed by atoms with Gasteiger partial charge in [-0.05, 0) is 38.5 Å². The molecular formula is C29H56O5. The van der Waals surface area contributed by atoms with E-state index < -0.39 is 0 Å². The lowest BCUT2D eigenvalue weighted by molar-refractivity contribution is -0.151. The van der Waals surface area contributed by atoms with Crippen LogP contribution in [0.1, 0.15) is 143 Å². The fraction of sp³-hybridized carbons (Fsp3) is 0.931. The average Bonchev–Trinajstić information content (AvgIpc) is 2.82. The molecule has 2 atom stereocenters. The summed E-state index contributed by atoms with van der Waals surface area (Å²) in [6, 6.07) is 0. The number of rotatable bonds is 25. The molecule has 0 N–H and O–H groups in total. The number of hydrogen-bond acceptors (Lipinski definition) is 5. The van der Waals surface area contributed by atoms with Gasteiger partial charge in [0.2, 0.25) is 0 Å². The Morgan fingerprint density at radius 1 is 0.618 bits per heavy atom. The van der Waals surface area contributed by atoms with Gasteiger partial charge in [0.1, 0.15) is 6.10 Å². The summed E-state index contributed by atoms with van der Waals surface area (Å²) in [5, 5.41) is 0. The topological polar surface area (TPSA) is 61.8 Å². The molecule has 2 unspecified atom stereocenters. The van der Waals surface area contributed by atoms with E-state index >= 15 is 0 Å². The van der Waals surface area contributed by atoms with Crippen molar-refractivity contribution < 1.29 is 23.8 Å². The zero-order chi connectivity index (χ0) is 25.3. The molecule has 202 valence electrons. The molecule has 0 saturated carbocycles. The molecule has 0 aromatic carbocycles. The maximum Gasteiger partial charge on any atom is 0.306 e. The van der Waals surface area contributed by atoms with Crippen LogP contribution in [-0.4, -0.2) is 38.4 Å². The van der Waals surface area contributed by atoms with Gasteiger partial charge in [0.05, 0.1) is 6.61 Å². The van der Waals surface area contributed by atoms with E-state index in [2.05, 4.69) is 13.8 Å². The van der Waals surface area contributed by atoms with Crippen molar-refractivity contribution in [2.45, 2.75) is 149 Å². The van der Waals surface area contributed by atoms with E-state index in [-0.39, 0.29) is 24.0 Å². The van der Waals surface area contributed by atoms with E-state index in [1.165, 1.54) is 70.6 Å². The highest BCUT2D eigenvalue weighted by Crippen LogP contribution is 2.14. The van der Waals surface area contributed by atoms with Gasteiger partial charge >= 0.3 is 11.9 Å². The number of ether oxygens (including phenoxy) is 3. The van der Waals surface area contributed by atoms with Crippen molar-refractivity contribution in [1.82, 2.24) is 0 Å². The van der Waals surface area contributed by atoms with Crippen molar-refractivity contribution in [3.63, 3.8) is 0 Å². The second kappa shape index (κ2) is 25.0. The van der Waals surface area contributed by atoms with Gasteiger partial charge in [0.25, 0.3) is 0 Å². The van der Waals surface area contributed by atoms with Crippen molar-refractivity contribution in [3.05, 3.63) is 0 Å². The van der Waals surface area contributed by atoms with Crippen LogP contribution >= 0.6 is 0 Å². The Bertz CT molecular complexity index is 465. The number of hydrogen-bond donors (Lipinski definition) is 0. The van der Waals surface area contributed by atoms with Gasteiger partial charge in [-0.1, -0.05) is 97.3 Å². The smallest absolute Gasteiger partial charge is 0.306 e. The quantitative estimate of drug-likeness (QED) is 0.0965. The third-order valence-corrected chi connectivity index (χ3v) is 6.67. The van der Waals surface area contributed by atoms with Gasteiger partial charge < -0.3 is 14.2 Å². The zero-order valence-electron chi connectivity index (χ0n) is 23.0. The summed E-state index contributed by atoms with van der Waals surface area (Å²) >= 11 is 0. The normalized spacial score (nSPS) is 12.9. The fourth-order valence-electron chi connectivity index (χ4n) is 4.01. The zero-order valence-corrected chi connectivity index (χ0v) is 23.0. The van der Waals surface area contributed by atoms with Crippen molar-refractivity contribution in [2.75, 3.05) is 20.3 Å². The molecule has 0 fully saturated rings. The van der Waals surface area contributed by atoms with E-state index in [0.717, 1.165) is 38.5 Å². The molecule has 0 radical (unpaired) electrons. The summed E-state index contributed by atoms with van der Waals surface area (Å²) in [6.07, 6.45) is 21.1. The number of methoxy groups -OCH3 is 1. The molecule has 0 heterocycles. The molecule has 0 amide bonds. The highest BCUT2D eigenvalue weighted by Gasteiger charge is 2.16. The monoisotopic (exact) mass is 484 g/mol. The van der Waals surface area contributed by atoms with Crippen LogP contribution in [0.5, 0.6) is 0 Å². The molecule has 0 rings (SSSR count). The highest BCUT2D eigenvalue weighted by molar-refractivity contribution is 5.70. The Morgan fingerprint density at radius 2 is 1.09 bits per heavy atom. The molecule has 0 saturated heterocycles. The molecule has 0 aromatic rings. The fourth-order valence-corrected chi connectivity index (χ4v) is 4.01. The minimum atomic E-state index is -0.151. The van der Waals surface area contributed by atoms with Crippen molar-refractivity contribution in [3.8, 4) is 0 Å². The van der Waals surface area contributed by atoms with Crippen LogP contribution in [0, 0.1) is 5.92 Å². The molecular weight excluding hydrogens is 428 g/mol. The second-order valence-corrected chi connectivity index (χ2v) is 9.98. The van der Waals surface area contributed by atoms with Crippen molar-refractivity contribution in [1.29, 1.82) is 0 Å². The number of carbonyl (C=O) groups is 2. The highest BCUT2D eigenvalue weighted by atomic mass is 16.5. The van der Waals surface area contributed by atoms with Gasteiger partial charge in [-0.2, -0.15) is 0 Å². The van der Waals surface area contributed by atoms with E-state index in [1.807, 2.05) is 6.92 Å². The third kappa shape index (κ3) is 22.7. The molecule has 0 bridgehead atoms. The summed E-state index contributed by atoms with van der Waals surface area (Å²) in [7, 11) is 1.68. The van der Waals surface area contributed by atoms with E-state index in [1.54, 1.807) is 7.11 Å². The van der Waals surface area contributed by atoms with Crippen LogP contribution in [-0.2, 0) is 23.8 Å². The Balaban J connectivity index is 3.40. The Hall–Kier alpha value is -1.10. The van der Waals surface area contributed by atoms with Gasteiger partial charge in [-0.25, -0.2) is 0 Å². The largest absolute Gasteiger partial charge is 0.466 e. The molecule has 0 aliphatic rings. The van der Waals surface area contributed by atoms with Crippen LogP contribution in [0.4, 0.5) is 0 Å². The minimum absolute atomic E-state index is 0.0947. The maximum absolute atomic E-state index is 11.9. The standard InChI is InChI=1S/C29H56O5/c1-5-6-7-8-9-10-11-12-13-14-15-16-20-24-33-28(30)21-18-17-19-22-29(31)34-27(3)26(2)23-25-32-4/h26-27H,5-25H2,1-4H3. The molecule has 0 aromatic heterocycles. The molecule has 0 aliphatic heterocycles. The average molecular weight is 485 g/mol. The number of unbranched alkanes of at least 4 members (excludes halogenated alkanes) is 14. The van der Waals surface area contributed by atoms with Crippen LogP contribution in [0.2, 0.25) is 0 Å². The van der Waals surface area contributed by atoms with E-state index in [4.69, 9.17) is 14.2 Å². The first-order chi connectivity index (χ1) is 16.5. The lowest BCUT2D eigenvalue weighted by atomic mass is 10.0. The predicted molar refractivity (Wildman–Crippen MR) is 141 cm³/mol. The number of esters is 2. The molecule has 0 spiro atoms. The van der Waals surface area contributed by atoms with Gasteiger partial charge in [0.15, 0.2) is 0 Å². The summed E-state index contributed by atoms with van der Waals surface area (Å²) in [4.78, 5) is 23.8. The number of carbonyl (C=O) groups excluding carboxylic acids is 2. The lowest BCUT2D eigenvalue weighted by Gasteiger charge is -2.20. The maximum atomic E-state index is 11.9. The van der Waals surface area contributed by atoms with Gasteiger partial charge in [0, 0.05) is 26.6 Å². The molecule has 34 heavy (non-hydrogen) atoms. The Labute approximate surface area is 211 Å². The lowest BCUT2D eigenvalue weighted by Crippen LogP contribution is -2.23. The van der Waals surface area contributed by atoms with Gasteiger partial charge in [-0.15, -0.1) is 0 Å². The molecule has 5 nitrogen and oxygen atoms in total. The minimum Gasteiger partial charge on any atom is -0.466 e. The molecule has 5 heteroatoms. The van der Waals surface area contributed by atoms with Crippen LogP contribution < -0.4 is 0 Å². The van der Waals surface area contributed by atoms with Gasteiger partial charge in [-0.3, -0.25) is 9.59 Å². The summed E-state index contributed by atoms with van der Waals surface area (Å²) in [6.45, 7) is 7.50. The summed E-state index contributed by atoms with van der Waals surface area (Å²) in [5.41, 5.74) is 0. The van der Waals surface area contributed by atoms with Crippen molar-refractivity contribution >= 4 is 11.9 Å². The van der Waals surface area contributed by atoms with Crippen LogP contribution in [0.25, 0.3) is 0 Å². The Kier molecular flexibility index (Phi) is 24.2. The van der Waals surface area contributed by atoms with Crippen LogP contribution in [0.15, 0.2) is 0 Å². The van der Waals surface area contributed by atoms with Crippen molar-refractivity contribution in [2.24, 2.45) is 5.92 Å². The first-order valence-corrected chi connectivity index (χ1v) is 14.3. The van der Waals surface area contributed by atoms with Crippen LogP contribution in [0.3, 0.4) is 0 Å². The third-order valence-electron chi connectivity index (χ3n) is 6.67. The van der Waals surface area contributed by atoms with E-state index in [9.17, 15) is 9.59 Å². The van der Waals surface area contributed by atoms with E-state index in [0.29, 0.717) is 26.1 Å². The molecule has 0 aliphatic carbocycles.